The van der Waals surface area contributed by atoms with E-state index in [1.54, 1.807) is 0 Å². The number of carbonyl (C=O) groups excluding carboxylic acids is 1. The predicted octanol–water partition coefficient (Wildman–Crippen LogP) is 3.12. The van der Waals surface area contributed by atoms with Gasteiger partial charge in [-0.1, -0.05) is 30.3 Å². The van der Waals surface area contributed by atoms with E-state index in [2.05, 4.69) is 22.3 Å². The van der Waals surface area contributed by atoms with Crippen molar-refractivity contribution in [2.24, 2.45) is 0 Å². The lowest BCUT2D eigenvalue weighted by molar-refractivity contribution is -0.124. The monoisotopic (exact) mass is 360 g/mol. The normalized spacial score (nSPS) is 15.6. The van der Waals surface area contributed by atoms with Crippen molar-refractivity contribution < 1.29 is 18.3 Å². The Morgan fingerprint density at radius 2 is 1.85 bits per heavy atom. The molecule has 0 radical (unpaired) electrons. The molecule has 0 spiro atoms. The fourth-order valence-corrected chi connectivity index (χ4v) is 3.08. The van der Waals surface area contributed by atoms with Crippen molar-refractivity contribution in [1.82, 2.24) is 10.2 Å². The fraction of sp³-hybridized carbons (Fsp3) is 0.350. The summed E-state index contributed by atoms with van der Waals surface area (Å²) < 4.78 is 31.5. The van der Waals surface area contributed by atoms with Gasteiger partial charge in [0, 0.05) is 31.7 Å². The van der Waals surface area contributed by atoms with Crippen LogP contribution in [-0.4, -0.2) is 36.5 Å². The Hall–Kier alpha value is -2.47. The SMILES string of the molecule is O=C(COc1ccc(F)cc1F)NC1CCN(Cc2ccccc2)CC1. The van der Waals surface area contributed by atoms with Crippen molar-refractivity contribution in [2.75, 3.05) is 19.7 Å². The standard InChI is InChI=1S/C20H22F2N2O2/c21-16-6-7-19(18(22)12-16)26-14-20(25)23-17-8-10-24(11-9-17)13-15-4-2-1-3-5-15/h1-7,12,17H,8-11,13-14H2,(H,23,25). The van der Waals surface area contributed by atoms with Crippen LogP contribution in [0.1, 0.15) is 18.4 Å². The first-order valence-electron chi connectivity index (χ1n) is 8.73. The summed E-state index contributed by atoms with van der Waals surface area (Å²) in [5.41, 5.74) is 1.28. The summed E-state index contributed by atoms with van der Waals surface area (Å²) in [4.78, 5) is 14.4. The average Bonchev–Trinajstić information content (AvgIpc) is 2.63. The Morgan fingerprint density at radius 3 is 2.54 bits per heavy atom. The smallest absolute Gasteiger partial charge is 0.258 e. The molecule has 0 aromatic heterocycles. The Labute approximate surface area is 151 Å². The van der Waals surface area contributed by atoms with Crippen LogP contribution in [0, 0.1) is 11.6 Å². The molecule has 1 aliphatic rings. The topological polar surface area (TPSA) is 41.6 Å². The fourth-order valence-electron chi connectivity index (χ4n) is 3.08. The molecule has 1 heterocycles. The van der Waals surface area contributed by atoms with E-state index in [1.807, 2.05) is 18.2 Å². The number of halogens is 2. The number of likely N-dealkylation sites (tertiary alicyclic amines) is 1. The first kappa shape index (κ1) is 18.3. The first-order chi connectivity index (χ1) is 12.6. The number of hydrogen-bond acceptors (Lipinski definition) is 3. The third-order valence-corrected chi connectivity index (χ3v) is 4.45. The second kappa shape index (κ2) is 8.76. The Balaban J connectivity index is 1.39. The molecule has 1 saturated heterocycles. The second-order valence-corrected chi connectivity index (χ2v) is 6.47. The van der Waals surface area contributed by atoms with Crippen molar-refractivity contribution in [2.45, 2.75) is 25.4 Å². The lowest BCUT2D eigenvalue weighted by atomic mass is 10.0. The second-order valence-electron chi connectivity index (χ2n) is 6.47. The van der Waals surface area contributed by atoms with Gasteiger partial charge in [-0.25, -0.2) is 8.78 Å². The summed E-state index contributed by atoms with van der Waals surface area (Å²) in [6.07, 6.45) is 1.73. The van der Waals surface area contributed by atoms with Crippen LogP contribution in [0.4, 0.5) is 8.78 Å². The minimum atomic E-state index is -0.813. The number of ether oxygens (including phenoxy) is 1. The van der Waals surface area contributed by atoms with Crippen LogP contribution in [0.15, 0.2) is 48.5 Å². The number of nitrogens with one attached hydrogen (secondary N) is 1. The van der Waals surface area contributed by atoms with E-state index >= 15 is 0 Å². The Bertz CT molecular complexity index is 732. The van der Waals surface area contributed by atoms with Gasteiger partial charge in [0.25, 0.3) is 5.91 Å². The molecule has 0 saturated carbocycles. The van der Waals surface area contributed by atoms with Crippen LogP contribution in [-0.2, 0) is 11.3 Å². The summed E-state index contributed by atoms with van der Waals surface area (Å²) >= 11 is 0. The van der Waals surface area contributed by atoms with Gasteiger partial charge in [0.05, 0.1) is 0 Å². The van der Waals surface area contributed by atoms with Gasteiger partial charge in [0.1, 0.15) is 5.82 Å². The first-order valence-corrected chi connectivity index (χ1v) is 8.73. The highest BCUT2D eigenvalue weighted by atomic mass is 19.1. The molecule has 138 valence electrons. The lowest BCUT2D eigenvalue weighted by Gasteiger charge is -2.32. The molecule has 1 N–H and O–H groups in total. The highest BCUT2D eigenvalue weighted by molar-refractivity contribution is 5.77. The molecule has 2 aromatic carbocycles. The van der Waals surface area contributed by atoms with Gasteiger partial charge in [0.15, 0.2) is 18.2 Å². The molecule has 3 rings (SSSR count). The summed E-state index contributed by atoms with van der Waals surface area (Å²) in [7, 11) is 0. The van der Waals surface area contributed by atoms with Crippen LogP contribution in [0.2, 0.25) is 0 Å². The lowest BCUT2D eigenvalue weighted by Crippen LogP contribution is -2.45. The number of amides is 1. The van der Waals surface area contributed by atoms with Crippen LogP contribution in [0.25, 0.3) is 0 Å². The molecule has 0 atom stereocenters. The zero-order valence-corrected chi connectivity index (χ0v) is 14.5. The third kappa shape index (κ3) is 5.26. The molecule has 0 unspecified atom stereocenters. The molecule has 2 aromatic rings. The molecule has 0 aliphatic carbocycles. The van der Waals surface area contributed by atoms with E-state index in [4.69, 9.17) is 4.74 Å². The van der Waals surface area contributed by atoms with E-state index < -0.39 is 11.6 Å². The third-order valence-electron chi connectivity index (χ3n) is 4.45. The number of carbonyl (C=O) groups is 1. The van der Waals surface area contributed by atoms with Crippen LogP contribution >= 0.6 is 0 Å². The largest absolute Gasteiger partial charge is 0.481 e. The molecule has 4 nitrogen and oxygen atoms in total. The molecule has 6 heteroatoms. The molecule has 0 bridgehead atoms. The molecule has 1 amide bonds. The van der Waals surface area contributed by atoms with Crippen molar-refractivity contribution >= 4 is 5.91 Å². The molecule has 1 fully saturated rings. The van der Waals surface area contributed by atoms with Crippen molar-refractivity contribution in [1.29, 1.82) is 0 Å². The summed E-state index contributed by atoms with van der Waals surface area (Å²) in [5.74, 6) is -1.91. The minimum Gasteiger partial charge on any atom is -0.481 e. The van der Waals surface area contributed by atoms with Crippen LogP contribution < -0.4 is 10.1 Å². The number of rotatable bonds is 6. The Kier molecular flexibility index (Phi) is 6.17. The average molecular weight is 360 g/mol. The quantitative estimate of drug-likeness (QED) is 0.861. The summed E-state index contributed by atoms with van der Waals surface area (Å²) in [6.45, 7) is 2.45. The van der Waals surface area contributed by atoms with E-state index in [0.717, 1.165) is 44.6 Å². The molecule has 1 aliphatic heterocycles. The van der Waals surface area contributed by atoms with Gasteiger partial charge in [-0.15, -0.1) is 0 Å². The number of nitrogens with zero attached hydrogens (tertiary/aromatic N) is 1. The maximum absolute atomic E-state index is 13.5. The van der Waals surface area contributed by atoms with Gasteiger partial charge in [-0.05, 0) is 30.5 Å². The van der Waals surface area contributed by atoms with Gasteiger partial charge in [0.2, 0.25) is 0 Å². The number of hydrogen-bond donors (Lipinski definition) is 1. The highest BCUT2D eigenvalue weighted by Gasteiger charge is 2.21. The molecule has 26 heavy (non-hydrogen) atoms. The Morgan fingerprint density at radius 1 is 1.12 bits per heavy atom. The number of piperidine rings is 1. The maximum Gasteiger partial charge on any atom is 0.258 e. The maximum atomic E-state index is 13.5. The van der Waals surface area contributed by atoms with E-state index in [9.17, 15) is 13.6 Å². The van der Waals surface area contributed by atoms with Gasteiger partial charge >= 0.3 is 0 Å². The van der Waals surface area contributed by atoms with Gasteiger partial charge in [-0.2, -0.15) is 0 Å². The molecular formula is C20H22F2N2O2. The number of benzene rings is 2. The van der Waals surface area contributed by atoms with Gasteiger partial charge < -0.3 is 10.1 Å². The van der Waals surface area contributed by atoms with Crippen LogP contribution in [0.3, 0.4) is 0 Å². The zero-order chi connectivity index (χ0) is 18.4. The van der Waals surface area contributed by atoms with Crippen LogP contribution in [0.5, 0.6) is 5.75 Å². The van der Waals surface area contributed by atoms with E-state index in [-0.39, 0.29) is 24.3 Å². The molecular weight excluding hydrogens is 338 g/mol. The van der Waals surface area contributed by atoms with E-state index in [1.165, 1.54) is 11.6 Å². The zero-order valence-electron chi connectivity index (χ0n) is 14.5. The summed E-state index contributed by atoms with van der Waals surface area (Å²) in [6, 6.07) is 13.4. The van der Waals surface area contributed by atoms with Crippen molar-refractivity contribution in [3.63, 3.8) is 0 Å². The van der Waals surface area contributed by atoms with Crippen molar-refractivity contribution in [3.05, 3.63) is 65.7 Å². The van der Waals surface area contributed by atoms with Gasteiger partial charge in [-0.3, -0.25) is 9.69 Å². The van der Waals surface area contributed by atoms with E-state index in [0.29, 0.717) is 0 Å². The minimum absolute atomic E-state index is 0.0937. The highest BCUT2D eigenvalue weighted by Crippen LogP contribution is 2.18. The predicted molar refractivity (Wildman–Crippen MR) is 94.7 cm³/mol. The summed E-state index contributed by atoms with van der Waals surface area (Å²) in [5, 5.41) is 2.92. The van der Waals surface area contributed by atoms with Crippen molar-refractivity contribution in [3.8, 4) is 5.75 Å².